The van der Waals surface area contributed by atoms with Crippen LogP contribution in [0.25, 0.3) is 5.65 Å². The Balaban J connectivity index is 1.92. The van der Waals surface area contributed by atoms with Crippen LogP contribution in [0.4, 0.5) is 11.5 Å². The Hall–Kier alpha value is -3.29. The molecule has 1 N–H and O–H groups in total. The summed E-state index contributed by atoms with van der Waals surface area (Å²) in [6, 6.07) is 7.44. The molecule has 0 atom stereocenters. The van der Waals surface area contributed by atoms with Gasteiger partial charge in [-0.05, 0) is 24.6 Å². The van der Waals surface area contributed by atoms with Gasteiger partial charge in [0.25, 0.3) is 11.6 Å². The van der Waals surface area contributed by atoms with Crippen LogP contribution >= 0.6 is 0 Å². The minimum atomic E-state index is -0.495. The lowest BCUT2D eigenvalue weighted by atomic mass is 10.1. The maximum absolute atomic E-state index is 12.3. The van der Waals surface area contributed by atoms with E-state index in [4.69, 9.17) is 0 Å². The highest BCUT2D eigenvalue weighted by Gasteiger charge is 2.14. The van der Waals surface area contributed by atoms with Crippen LogP contribution in [-0.4, -0.2) is 25.4 Å². The highest BCUT2D eigenvalue weighted by atomic mass is 16.6. The first-order valence-corrected chi connectivity index (χ1v) is 6.41. The van der Waals surface area contributed by atoms with E-state index in [1.807, 2.05) is 0 Å². The number of nitrogens with zero attached hydrogens (tertiary/aromatic N) is 4. The van der Waals surface area contributed by atoms with Crippen LogP contribution in [0.15, 0.2) is 42.7 Å². The van der Waals surface area contributed by atoms with Gasteiger partial charge in [-0.15, -0.1) is 0 Å². The van der Waals surface area contributed by atoms with Crippen molar-refractivity contribution in [3.8, 4) is 0 Å². The number of carbonyl (C=O) groups is 1. The topological polar surface area (TPSA) is 102 Å². The number of benzene rings is 1. The number of non-ortho nitro benzene ring substituents is 1. The molecule has 0 aliphatic carbocycles. The van der Waals surface area contributed by atoms with Gasteiger partial charge in [0.1, 0.15) is 5.82 Å². The van der Waals surface area contributed by atoms with E-state index < -0.39 is 4.92 Å². The van der Waals surface area contributed by atoms with E-state index in [2.05, 4.69) is 15.4 Å². The number of anilines is 1. The summed E-state index contributed by atoms with van der Waals surface area (Å²) < 4.78 is 1.50. The lowest BCUT2D eigenvalue weighted by Crippen LogP contribution is -2.16. The van der Waals surface area contributed by atoms with Crippen LogP contribution in [0, 0.1) is 17.0 Å². The SMILES string of the molecule is Cc1cc([N+](=O)[O-])ccc1C(=O)Nc1ccnc2ccnn12. The van der Waals surface area contributed by atoms with Gasteiger partial charge in [0.2, 0.25) is 0 Å². The van der Waals surface area contributed by atoms with Crippen LogP contribution < -0.4 is 5.32 Å². The van der Waals surface area contributed by atoms with E-state index >= 15 is 0 Å². The summed E-state index contributed by atoms with van der Waals surface area (Å²) >= 11 is 0. The fraction of sp³-hybridized carbons (Fsp3) is 0.0714. The maximum atomic E-state index is 12.3. The highest BCUT2D eigenvalue weighted by molar-refractivity contribution is 6.05. The lowest BCUT2D eigenvalue weighted by Gasteiger charge is -2.08. The zero-order valence-electron chi connectivity index (χ0n) is 11.6. The van der Waals surface area contributed by atoms with Gasteiger partial charge in [-0.1, -0.05) is 0 Å². The first-order chi connectivity index (χ1) is 10.6. The van der Waals surface area contributed by atoms with Crippen molar-refractivity contribution >= 4 is 23.1 Å². The lowest BCUT2D eigenvalue weighted by molar-refractivity contribution is -0.384. The van der Waals surface area contributed by atoms with Crippen LogP contribution in [0.1, 0.15) is 15.9 Å². The van der Waals surface area contributed by atoms with E-state index in [0.29, 0.717) is 22.6 Å². The zero-order chi connectivity index (χ0) is 15.7. The Bertz CT molecular complexity index is 887. The predicted octanol–water partition coefficient (Wildman–Crippen LogP) is 2.20. The van der Waals surface area contributed by atoms with Crippen LogP contribution in [-0.2, 0) is 0 Å². The zero-order valence-corrected chi connectivity index (χ0v) is 11.6. The summed E-state index contributed by atoms with van der Waals surface area (Å²) in [4.78, 5) is 26.7. The summed E-state index contributed by atoms with van der Waals surface area (Å²) in [5.41, 5.74) is 1.45. The van der Waals surface area contributed by atoms with Gasteiger partial charge in [0.15, 0.2) is 5.65 Å². The molecule has 2 heterocycles. The number of rotatable bonds is 3. The molecule has 1 amide bonds. The summed E-state index contributed by atoms with van der Waals surface area (Å²) in [5.74, 6) is 0.105. The number of fused-ring (bicyclic) bond motifs is 1. The van der Waals surface area contributed by atoms with Gasteiger partial charge in [-0.2, -0.15) is 9.61 Å². The van der Waals surface area contributed by atoms with Crippen molar-refractivity contribution in [3.05, 3.63) is 64.0 Å². The molecule has 22 heavy (non-hydrogen) atoms. The number of amides is 1. The normalized spacial score (nSPS) is 10.6. The molecule has 3 aromatic rings. The average molecular weight is 297 g/mol. The average Bonchev–Trinajstić information content (AvgIpc) is 2.96. The Kier molecular flexibility index (Phi) is 3.26. The van der Waals surface area contributed by atoms with E-state index in [0.717, 1.165) is 0 Å². The number of nitro groups is 1. The Labute approximate surface area is 124 Å². The van der Waals surface area contributed by atoms with Gasteiger partial charge >= 0.3 is 0 Å². The van der Waals surface area contributed by atoms with Crippen molar-refractivity contribution < 1.29 is 9.72 Å². The van der Waals surface area contributed by atoms with E-state index in [1.54, 1.807) is 31.5 Å². The third-order valence-corrected chi connectivity index (χ3v) is 3.20. The number of carbonyl (C=O) groups excluding carboxylic acids is 1. The number of aryl methyl sites for hydroxylation is 1. The molecule has 0 saturated heterocycles. The van der Waals surface area contributed by atoms with Crippen LogP contribution in [0.5, 0.6) is 0 Å². The Morgan fingerprint density at radius 1 is 1.27 bits per heavy atom. The van der Waals surface area contributed by atoms with Crippen LogP contribution in [0.3, 0.4) is 0 Å². The standard InChI is InChI=1S/C14H11N5O3/c1-9-8-10(19(21)22)2-3-11(9)14(20)17-13-4-6-15-12-5-7-16-18(12)13/h2-8H,1H3,(H,17,20). The second-order valence-electron chi connectivity index (χ2n) is 4.64. The number of nitro benzene ring substituents is 1. The maximum Gasteiger partial charge on any atom is 0.269 e. The molecule has 0 saturated carbocycles. The van der Waals surface area contributed by atoms with Crippen molar-refractivity contribution in [1.29, 1.82) is 0 Å². The molecule has 0 unspecified atom stereocenters. The molecule has 0 bridgehead atoms. The van der Waals surface area contributed by atoms with Crippen LogP contribution in [0.2, 0.25) is 0 Å². The third kappa shape index (κ3) is 2.37. The molecule has 0 aliphatic heterocycles. The minimum absolute atomic E-state index is 0.0487. The molecule has 0 radical (unpaired) electrons. The van der Waals surface area contributed by atoms with E-state index in [1.165, 1.54) is 22.7 Å². The number of hydrogen-bond acceptors (Lipinski definition) is 5. The van der Waals surface area contributed by atoms with Crippen molar-refractivity contribution in [2.24, 2.45) is 0 Å². The second-order valence-corrected chi connectivity index (χ2v) is 4.64. The molecule has 1 aromatic carbocycles. The number of hydrogen-bond donors (Lipinski definition) is 1. The molecule has 8 nitrogen and oxygen atoms in total. The Morgan fingerprint density at radius 2 is 2.09 bits per heavy atom. The first kappa shape index (κ1) is 13.7. The molecule has 110 valence electrons. The fourth-order valence-electron chi connectivity index (χ4n) is 2.13. The molecular formula is C14H11N5O3. The molecule has 0 spiro atoms. The summed E-state index contributed by atoms with van der Waals surface area (Å²) in [7, 11) is 0. The van der Waals surface area contributed by atoms with Gasteiger partial charge in [-0.25, -0.2) is 4.98 Å². The summed E-state index contributed by atoms with van der Waals surface area (Å²) in [6.45, 7) is 1.65. The van der Waals surface area contributed by atoms with Gasteiger partial charge in [0.05, 0.1) is 11.1 Å². The quantitative estimate of drug-likeness (QED) is 0.589. The highest BCUT2D eigenvalue weighted by Crippen LogP contribution is 2.18. The summed E-state index contributed by atoms with van der Waals surface area (Å²) in [6.07, 6.45) is 3.14. The van der Waals surface area contributed by atoms with Gasteiger partial charge in [0, 0.05) is 30.0 Å². The summed E-state index contributed by atoms with van der Waals surface area (Å²) in [5, 5.41) is 17.5. The fourth-order valence-corrected chi connectivity index (χ4v) is 2.13. The van der Waals surface area contributed by atoms with Gasteiger partial charge in [-0.3, -0.25) is 14.9 Å². The van der Waals surface area contributed by atoms with E-state index in [-0.39, 0.29) is 11.6 Å². The first-order valence-electron chi connectivity index (χ1n) is 6.41. The van der Waals surface area contributed by atoms with Crippen molar-refractivity contribution in [2.75, 3.05) is 5.32 Å². The molecule has 0 fully saturated rings. The largest absolute Gasteiger partial charge is 0.306 e. The predicted molar refractivity (Wildman–Crippen MR) is 78.8 cm³/mol. The number of nitrogens with one attached hydrogen (secondary N) is 1. The molecule has 0 aliphatic rings. The second kappa shape index (κ2) is 5.24. The third-order valence-electron chi connectivity index (χ3n) is 3.20. The van der Waals surface area contributed by atoms with Crippen molar-refractivity contribution in [3.63, 3.8) is 0 Å². The monoisotopic (exact) mass is 297 g/mol. The van der Waals surface area contributed by atoms with Crippen molar-refractivity contribution in [2.45, 2.75) is 6.92 Å². The van der Waals surface area contributed by atoms with Gasteiger partial charge < -0.3 is 5.32 Å². The van der Waals surface area contributed by atoms with Crippen molar-refractivity contribution in [1.82, 2.24) is 14.6 Å². The van der Waals surface area contributed by atoms with E-state index in [9.17, 15) is 14.9 Å². The minimum Gasteiger partial charge on any atom is -0.306 e. The smallest absolute Gasteiger partial charge is 0.269 e. The molecular weight excluding hydrogens is 286 g/mol. The molecule has 8 heteroatoms. The molecule has 2 aromatic heterocycles. The number of aromatic nitrogens is 3. The Morgan fingerprint density at radius 3 is 2.82 bits per heavy atom. The molecule has 3 rings (SSSR count).